The van der Waals surface area contributed by atoms with Crippen LogP contribution in [0.4, 0.5) is 24.7 Å². The maximum Gasteiger partial charge on any atom is 0.434 e. The first-order chi connectivity index (χ1) is 34.7. The van der Waals surface area contributed by atoms with Gasteiger partial charge in [0, 0.05) is 51.0 Å². The molecule has 24 heteroatoms. The van der Waals surface area contributed by atoms with Crippen molar-refractivity contribution >= 4 is 35.1 Å². The molecular weight excluding hydrogens is 950 g/mol. The lowest BCUT2D eigenvalue weighted by atomic mass is 9.91. The number of hydrogen-bond acceptors (Lipinski definition) is 16. The number of aryl methyl sites for hydroxylation is 1. The number of amides is 4. The number of nitrogens with one attached hydrogen (secondary N) is 4. The fourth-order valence-electron chi connectivity index (χ4n) is 8.74. The Labute approximate surface area is 416 Å². The van der Waals surface area contributed by atoms with Crippen molar-refractivity contribution in [2.24, 2.45) is 5.92 Å². The zero-order valence-electron chi connectivity index (χ0n) is 40.9. The summed E-state index contributed by atoms with van der Waals surface area (Å²) in [5.74, 6) is -1.57. The van der Waals surface area contributed by atoms with E-state index in [2.05, 4.69) is 41.2 Å². The molecule has 3 aromatic rings. The molecule has 6 atom stereocenters. The zero-order chi connectivity index (χ0) is 51.5. The van der Waals surface area contributed by atoms with E-state index in [0.29, 0.717) is 50.3 Å². The SMILES string of the molecule is CCn1nccc1C(=O)NC(C(=O)Nc1ccc(CC(NC(=O)COCCOCCOCCOC[C@H]2OC[C@H](Nc3cncc(C(F)(F)F)n3)[C@@H](O)[C@H]2O)C(=O)N2CCN(C)CC2)cc1)C1CCCCCC1. The molecule has 2 aromatic heterocycles. The second-order valence-corrected chi connectivity index (χ2v) is 18.1. The highest BCUT2D eigenvalue weighted by atomic mass is 19.4. The number of halogens is 3. The van der Waals surface area contributed by atoms with E-state index in [1.165, 1.54) is 0 Å². The van der Waals surface area contributed by atoms with Crippen molar-refractivity contribution in [3.63, 3.8) is 0 Å². The van der Waals surface area contributed by atoms with Crippen molar-refractivity contribution in [1.29, 1.82) is 0 Å². The molecule has 21 nitrogen and oxygen atoms in total. The zero-order valence-corrected chi connectivity index (χ0v) is 40.9. The average Bonchev–Trinajstić information content (AvgIpc) is 3.70. The number of benzene rings is 1. The van der Waals surface area contributed by atoms with E-state index in [4.69, 9.17) is 23.7 Å². The van der Waals surface area contributed by atoms with Crippen LogP contribution in [0, 0.1) is 5.92 Å². The highest BCUT2D eigenvalue weighted by molar-refractivity contribution is 6.00. The van der Waals surface area contributed by atoms with Gasteiger partial charge in [0.25, 0.3) is 5.91 Å². The molecule has 6 N–H and O–H groups in total. The predicted octanol–water partition coefficient (Wildman–Crippen LogP) is 1.89. The average molecular weight is 1020 g/mol. The molecule has 2 aliphatic heterocycles. The quantitative estimate of drug-likeness (QED) is 0.0524. The Hall–Kier alpha value is -5.34. The molecular formula is C48H69F3N10O11. The van der Waals surface area contributed by atoms with Gasteiger partial charge in [-0.3, -0.25) is 28.8 Å². The van der Waals surface area contributed by atoms with Crippen LogP contribution >= 0.6 is 0 Å². The van der Waals surface area contributed by atoms with E-state index in [9.17, 15) is 42.6 Å². The Morgan fingerprint density at radius 3 is 2.18 bits per heavy atom. The molecule has 0 radical (unpaired) electrons. The molecule has 72 heavy (non-hydrogen) atoms. The fourth-order valence-corrected chi connectivity index (χ4v) is 8.74. The largest absolute Gasteiger partial charge is 0.434 e. The number of aliphatic hydroxyl groups is 2. The number of carbonyl (C=O) groups excluding carboxylic acids is 4. The molecule has 2 saturated heterocycles. The van der Waals surface area contributed by atoms with Gasteiger partial charge < -0.3 is 65.0 Å². The molecule has 0 spiro atoms. The molecule has 4 amide bonds. The van der Waals surface area contributed by atoms with Crippen LogP contribution in [0.15, 0.2) is 48.9 Å². The first kappa shape index (κ1) is 56.0. The third-order valence-electron chi connectivity index (χ3n) is 12.8. The van der Waals surface area contributed by atoms with Crippen LogP contribution in [-0.2, 0) is 57.2 Å². The van der Waals surface area contributed by atoms with Crippen molar-refractivity contribution in [2.75, 3.05) is 103 Å². The summed E-state index contributed by atoms with van der Waals surface area (Å²) in [5, 5.41) is 36.8. The number of rotatable bonds is 25. The van der Waals surface area contributed by atoms with Crippen LogP contribution < -0.4 is 21.3 Å². The van der Waals surface area contributed by atoms with Gasteiger partial charge in [-0.15, -0.1) is 0 Å². The topological polar surface area (TPSA) is 253 Å². The van der Waals surface area contributed by atoms with Gasteiger partial charge >= 0.3 is 6.18 Å². The highest BCUT2D eigenvalue weighted by Gasteiger charge is 2.40. The van der Waals surface area contributed by atoms with Crippen LogP contribution in [0.5, 0.6) is 0 Å². The lowest BCUT2D eigenvalue weighted by Gasteiger charge is -2.38. The van der Waals surface area contributed by atoms with Crippen LogP contribution in [0.2, 0.25) is 0 Å². The lowest BCUT2D eigenvalue weighted by molar-refractivity contribution is -0.161. The molecule has 0 bridgehead atoms. The summed E-state index contributed by atoms with van der Waals surface area (Å²) in [4.78, 5) is 65.1. The van der Waals surface area contributed by atoms with Crippen LogP contribution in [0.25, 0.3) is 0 Å². The molecule has 2 unspecified atom stereocenters. The van der Waals surface area contributed by atoms with E-state index < -0.39 is 54.2 Å². The van der Waals surface area contributed by atoms with Crippen molar-refractivity contribution in [2.45, 2.75) is 101 Å². The van der Waals surface area contributed by atoms with Crippen LogP contribution in [0.3, 0.4) is 0 Å². The van der Waals surface area contributed by atoms with Gasteiger partial charge in [-0.05, 0) is 56.5 Å². The number of carbonyl (C=O) groups is 4. The van der Waals surface area contributed by atoms with E-state index in [0.717, 1.165) is 50.3 Å². The molecule has 3 aliphatic rings. The molecule has 4 heterocycles. The van der Waals surface area contributed by atoms with Gasteiger partial charge in [-0.25, -0.2) is 4.98 Å². The Balaban J connectivity index is 0.880. The first-order valence-corrected chi connectivity index (χ1v) is 24.6. The van der Waals surface area contributed by atoms with E-state index in [-0.39, 0.29) is 95.3 Å². The molecule has 1 aliphatic carbocycles. The molecule has 398 valence electrons. The van der Waals surface area contributed by atoms with Gasteiger partial charge in [0.15, 0.2) is 5.69 Å². The summed E-state index contributed by atoms with van der Waals surface area (Å²) in [6, 6.07) is 6.22. The molecule has 1 saturated carbocycles. The highest BCUT2D eigenvalue weighted by Crippen LogP contribution is 2.29. The molecule has 3 fully saturated rings. The van der Waals surface area contributed by atoms with Crippen LogP contribution in [-0.4, -0.2) is 193 Å². The Kier molecular flexibility index (Phi) is 21.9. The third kappa shape index (κ3) is 17.1. The second-order valence-electron chi connectivity index (χ2n) is 18.1. The van der Waals surface area contributed by atoms with Crippen molar-refractivity contribution in [3.8, 4) is 0 Å². The normalized spacial score (nSPS) is 21.1. The van der Waals surface area contributed by atoms with E-state index in [1.54, 1.807) is 34.0 Å². The number of anilines is 2. The van der Waals surface area contributed by atoms with E-state index in [1.807, 2.05) is 26.1 Å². The minimum atomic E-state index is -4.69. The number of aliphatic hydroxyl groups excluding tert-OH is 2. The summed E-state index contributed by atoms with van der Waals surface area (Å²) >= 11 is 0. The second kappa shape index (κ2) is 28.2. The summed E-state index contributed by atoms with van der Waals surface area (Å²) < 4.78 is 68.3. The minimum Gasteiger partial charge on any atom is -0.388 e. The maximum atomic E-state index is 13.9. The van der Waals surface area contributed by atoms with Crippen molar-refractivity contribution in [1.82, 2.24) is 40.2 Å². The molecule has 1 aromatic carbocycles. The number of aromatic nitrogens is 4. The summed E-state index contributed by atoms with van der Waals surface area (Å²) in [5.41, 5.74) is 0.496. The smallest absolute Gasteiger partial charge is 0.388 e. The maximum absolute atomic E-state index is 13.9. The third-order valence-corrected chi connectivity index (χ3v) is 12.8. The van der Waals surface area contributed by atoms with Crippen molar-refractivity contribution in [3.05, 3.63) is 65.9 Å². The number of alkyl halides is 3. The summed E-state index contributed by atoms with van der Waals surface area (Å²) in [6.45, 7) is 5.43. The van der Waals surface area contributed by atoms with E-state index >= 15 is 0 Å². The van der Waals surface area contributed by atoms with Gasteiger partial charge in [-0.1, -0.05) is 37.8 Å². The summed E-state index contributed by atoms with van der Waals surface area (Å²) in [6.07, 6.45) is 0.884. The predicted molar refractivity (Wildman–Crippen MR) is 255 cm³/mol. The Morgan fingerprint density at radius 1 is 0.847 bits per heavy atom. The van der Waals surface area contributed by atoms with Crippen molar-refractivity contribution < 1.29 is 66.2 Å². The number of likely N-dealkylation sites (N-methyl/N-ethyl adjacent to an activating group) is 1. The lowest BCUT2D eigenvalue weighted by Crippen LogP contribution is -2.57. The number of piperazine rings is 1. The summed E-state index contributed by atoms with van der Waals surface area (Å²) in [7, 11) is 1.99. The number of hydrogen-bond donors (Lipinski definition) is 6. The van der Waals surface area contributed by atoms with Gasteiger partial charge in [0.2, 0.25) is 17.7 Å². The van der Waals surface area contributed by atoms with Gasteiger partial charge in [-0.2, -0.15) is 18.3 Å². The fraction of sp³-hybridized carbons (Fsp3) is 0.646. The van der Waals surface area contributed by atoms with Gasteiger partial charge in [0.1, 0.15) is 48.5 Å². The number of nitrogens with zero attached hydrogens (tertiary/aromatic N) is 6. The Bertz CT molecular complexity index is 2160. The Morgan fingerprint density at radius 2 is 1.51 bits per heavy atom. The first-order valence-electron chi connectivity index (χ1n) is 24.6. The monoisotopic (exact) mass is 1020 g/mol. The van der Waals surface area contributed by atoms with Gasteiger partial charge in [0.05, 0.1) is 71.3 Å². The standard InChI is InChI=1S/C48H69F3N10O11/c1-3-61-37(14-15-53-61)45(65)58-42(33-8-6-4-5-7-9-33)46(66)54-34-12-10-32(11-13-34)26-35(47(67)60-18-16-59(2)17-19-60)56-41(62)31-71-25-23-69-21-20-68-22-24-70-30-38-44(64)43(63)36(29-72-38)55-40-28-52-27-39(57-40)48(49,50)51/h10-15,27-28,33,35-36,38,42-44,63-64H,3-9,16-26,29-31H2,1-2H3,(H,54,66)(H,55,57)(H,56,62)(H,58,65)/t35?,36-,38+,42?,43+,44-/m0/s1. The minimum absolute atomic E-state index is 0.0194. The number of ether oxygens (including phenoxy) is 5. The van der Waals surface area contributed by atoms with Crippen LogP contribution in [0.1, 0.15) is 67.2 Å². The molecule has 6 rings (SSSR count).